The molecule has 0 radical (unpaired) electrons. The maximum Gasteiger partial charge on any atom is 0.173 e. The highest BCUT2D eigenvalue weighted by Gasteiger charge is 2.11. The smallest absolute Gasteiger partial charge is 0.173 e. The van der Waals surface area contributed by atoms with Crippen molar-refractivity contribution in [3.05, 3.63) is 72.6 Å². The predicted octanol–water partition coefficient (Wildman–Crippen LogP) is 5.05. The highest BCUT2D eigenvalue weighted by Crippen LogP contribution is 2.29. The van der Waals surface area contributed by atoms with Gasteiger partial charge in [-0.3, -0.25) is 9.97 Å². The summed E-state index contributed by atoms with van der Waals surface area (Å²) in [6.45, 7) is 0. The van der Waals surface area contributed by atoms with Gasteiger partial charge in [0.1, 0.15) is 5.82 Å². The van der Waals surface area contributed by atoms with E-state index in [1.807, 2.05) is 42.6 Å². The monoisotopic (exact) mass is 355 g/mol. The summed E-state index contributed by atoms with van der Waals surface area (Å²) in [7, 11) is 0. The molecule has 0 saturated heterocycles. The lowest BCUT2D eigenvalue weighted by molar-refractivity contribution is 1.23. The maximum atomic E-state index is 4.75. The molecule has 0 spiro atoms. The van der Waals surface area contributed by atoms with Crippen LogP contribution in [0.3, 0.4) is 0 Å². The van der Waals surface area contributed by atoms with Crippen molar-refractivity contribution in [2.24, 2.45) is 0 Å². The van der Waals surface area contributed by atoms with Gasteiger partial charge in [0.25, 0.3) is 0 Å². The van der Waals surface area contributed by atoms with E-state index in [4.69, 9.17) is 4.98 Å². The Bertz CT molecular complexity index is 1220. The molecular weight excluding hydrogens is 342 g/mol. The molecule has 0 atom stereocenters. The zero-order valence-corrected chi connectivity index (χ0v) is 14.4. The van der Waals surface area contributed by atoms with Crippen LogP contribution in [0.5, 0.6) is 0 Å². The number of thiazole rings is 1. The molecule has 5 nitrogen and oxygen atoms in total. The summed E-state index contributed by atoms with van der Waals surface area (Å²) >= 11 is 1.53. The Balaban J connectivity index is 1.64. The van der Waals surface area contributed by atoms with Gasteiger partial charge in [-0.05, 0) is 35.7 Å². The van der Waals surface area contributed by atoms with Crippen LogP contribution in [-0.2, 0) is 0 Å². The Kier molecular flexibility index (Phi) is 3.54. The first-order valence-electron chi connectivity index (χ1n) is 8.13. The number of hydrogen-bond acceptors (Lipinski definition) is 6. The highest BCUT2D eigenvalue weighted by atomic mass is 32.1. The fourth-order valence-electron chi connectivity index (χ4n) is 2.91. The number of benzene rings is 2. The van der Waals surface area contributed by atoms with Crippen molar-refractivity contribution in [2.45, 2.75) is 0 Å². The molecular formula is C20H13N5S. The number of nitrogens with zero attached hydrogens (tertiary/aromatic N) is 4. The molecule has 5 rings (SSSR count). The molecule has 3 aromatic heterocycles. The van der Waals surface area contributed by atoms with Gasteiger partial charge in [0.2, 0.25) is 0 Å². The van der Waals surface area contributed by atoms with Crippen molar-refractivity contribution >= 4 is 44.5 Å². The van der Waals surface area contributed by atoms with E-state index in [1.54, 1.807) is 17.9 Å². The van der Waals surface area contributed by atoms with Gasteiger partial charge in [-0.2, -0.15) is 0 Å². The summed E-state index contributed by atoms with van der Waals surface area (Å²) < 4.78 is 0. The van der Waals surface area contributed by atoms with Crippen molar-refractivity contribution < 1.29 is 0 Å². The standard InChI is InChI=1S/C20H13N5S/c1-2-4-17-16(3-1)19(25-20(24-17)18-11-22-12-26-18)23-15-6-5-14-10-21-8-7-13(14)9-15/h1-12H,(H,23,24,25). The van der Waals surface area contributed by atoms with Gasteiger partial charge in [0.15, 0.2) is 5.82 Å². The van der Waals surface area contributed by atoms with Crippen molar-refractivity contribution in [3.63, 3.8) is 0 Å². The minimum absolute atomic E-state index is 0.679. The van der Waals surface area contributed by atoms with Gasteiger partial charge >= 0.3 is 0 Å². The third kappa shape index (κ3) is 2.66. The van der Waals surface area contributed by atoms with Crippen molar-refractivity contribution in [1.29, 1.82) is 0 Å². The molecule has 6 heteroatoms. The maximum absolute atomic E-state index is 4.75. The highest BCUT2D eigenvalue weighted by molar-refractivity contribution is 7.13. The third-order valence-corrected chi connectivity index (χ3v) is 4.93. The number of fused-ring (bicyclic) bond motifs is 2. The SMILES string of the molecule is c1ccc2c(Nc3ccc4cnccc4c3)nc(-c3cncs3)nc2c1. The molecule has 0 aliphatic heterocycles. The number of nitrogens with one attached hydrogen (secondary N) is 1. The molecule has 1 N–H and O–H groups in total. The van der Waals surface area contributed by atoms with Crippen LogP contribution in [0.2, 0.25) is 0 Å². The zero-order chi connectivity index (χ0) is 17.3. The Morgan fingerprint density at radius 3 is 2.73 bits per heavy atom. The molecule has 0 fully saturated rings. The van der Waals surface area contributed by atoms with Gasteiger partial charge in [0, 0.05) is 35.1 Å². The van der Waals surface area contributed by atoms with Crippen molar-refractivity contribution in [3.8, 4) is 10.7 Å². The van der Waals surface area contributed by atoms with Gasteiger partial charge in [-0.1, -0.05) is 18.2 Å². The number of aromatic nitrogens is 4. The second-order valence-corrected chi connectivity index (χ2v) is 6.73. The molecule has 5 aromatic rings. The lowest BCUT2D eigenvalue weighted by Crippen LogP contribution is -1.98. The second kappa shape index (κ2) is 6.16. The fourth-order valence-corrected chi connectivity index (χ4v) is 3.46. The van der Waals surface area contributed by atoms with Crippen molar-refractivity contribution in [2.75, 3.05) is 5.32 Å². The first kappa shape index (κ1) is 14.9. The van der Waals surface area contributed by atoms with Gasteiger partial charge in [-0.25, -0.2) is 9.97 Å². The third-order valence-electron chi connectivity index (χ3n) is 4.16. The van der Waals surface area contributed by atoms with Crippen LogP contribution in [0.1, 0.15) is 0 Å². The number of para-hydroxylation sites is 1. The molecule has 2 aromatic carbocycles. The predicted molar refractivity (Wildman–Crippen MR) is 106 cm³/mol. The summed E-state index contributed by atoms with van der Waals surface area (Å²) in [5, 5.41) is 6.67. The first-order chi connectivity index (χ1) is 12.9. The molecule has 26 heavy (non-hydrogen) atoms. The number of pyridine rings is 1. The van der Waals surface area contributed by atoms with Crippen molar-refractivity contribution in [1.82, 2.24) is 19.9 Å². The Morgan fingerprint density at radius 1 is 0.846 bits per heavy atom. The average molecular weight is 355 g/mol. The van der Waals surface area contributed by atoms with E-state index >= 15 is 0 Å². The van der Waals surface area contributed by atoms with Crippen LogP contribution in [0.4, 0.5) is 11.5 Å². The van der Waals surface area contributed by atoms with E-state index in [2.05, 4.69) is 32.4 Å². The normalized spacial score (nSPS) is 11.1. The van der Waals surface area contributed by atoms with Crippen LogP contribution < -0.4 is 5.32 Å². The minimum Gasteiger partial charge on any atom is -0.340 e. The summed E-state index contributed by atoms with van der Waals surface area (Å²) in [4.78, 5) is 18.7. The summed E-state index contributed by atoms with van der Waals surface area (Å²) in [5.74, 6) is 1.46. The Hall–Kier alpha value is -3.38. The molecule has 0 aliphatic carbocycles. The molecule has 0 bridgehead atoms. The largest absolute Gasteiger partial charge is 0.340 e. The van der Waals surface area contributed by atoms with Crippen LogP contribution >= 0.6 is 11.3 Å². The fraction of sp³-hybridized carbons (Fsp3) is 0. The average Bonchev–Trinajstić information content (AvgIpc) is 3.23. The zero-order valence-electron chi connectivity index (χ0n) is 13.6. The van der Waals surface area contributed by atoms with Gasteiger partial charge < -0.3 is 5.32 Å². The number of anilines is 2. The van der Waals surface area contributed by atoms with E-state index in [-0.39, 0.29) is 0 Å². The Morgan fingerprint density at radius 2 is 1.81 bits per heavy atom. The minimum atomic E-state index is 0.679. The van der Waals surface area contributed by atoms with Crippen LogP contribution in [0.25, 0.3) is 32.4 Å². The van der Waals surface area contributed by atoms with Crippen LogP contribution in [-0.4, -0.2) is 19.9 Å². The van der Waals surface area contributed by atoms with Crippen LogP contribution in [0.15, 0.2) is 72.6 Å². The summed E-state index contributed by atoms with van der Waals surface area (Å²) in [6, 6.07) is 16.2. The van der Waals surface area contributed by atoms with Crippen LogP contribution in [0, 0.1) is 0 Å². The summed E-state index contributed by atoms with van der Waals surface area (Å²) in [6.07, 6.45) is 5.46. The molecule has 0 amide bonds. The quantitative estimate of drug-likeness (QED) is 0.491. The molecule has 124 valence electrons. The molecule has 0 unspecified atom stereocenters. The topological polar surface area (TPSA) is 63.6 Å². The molecule has 0 saturated carbocycles. The lowest BCUT2D eigenvalue weighted by atomic mass is 10.1. The summed E-state index contributed by atoms with van der Waals surface area (Å²) in [5.41, 5.74) is 3.67. The first-order valence-corrected chi connectivity index (χ1v) is 9.01. The van der Waals surface area contributed by atoms with E-state index in [0.29, 0.717) is 5.82 Å². The van der Waals surface area contributed by atoms with Gasteiger partial charge in [0.05, 0.1) is 15.9 Å². The van der Waals surface area contributed by atoms with E-state index in [9.17, 15) is 0 Å². The number of rotatable bonds is 3. The van der Waals surface area contributed by atoms with E-state index in [1.165, 1.54) is 11.3 Å². The lowest BCUT2D eigenvalue weighted by Gasteiger charge is -2.11. The second-order valence-electron chi connectivity index (χ2n) is 5.84. The van der Waals surface area contributed by atoms with E-state index in [0.717, 1.165) is 38.1 Å². The number of hydrogen-bond donors (Lipinski definition) is 1. The van der Waals surface area contributed by atoms with E-state index < -0.39 is 0 Å². The van der Waals surface area contributed by atoms with Gasteiger partial charge in [-0.15, -0.1) is 11.3 Å². The molecule has 3 heterocycles. The Labute approximate surface area is 153 Å². The molecule has 0 aliphatic rings.